The number of allylic oxidation sites excluding steroid dienone is 1. The molecule has 2 heterocycles. The third-order valence-corrected chi connectivity index (χ3v) is 5.29. The van der Waals surface area contributed by atoms with Crippen LogP contribution in [-0.4, -0.2) is 18.4 Å². The van der Waals surface area contributed by atoms with Gasteiger partial charge in [-0.3, -0.25) is 4.79 Å². The fourth-order valence-corrected chi connectivity index (χ4v) is 3.80. The third kappa shape index (κ3) is 3.87. The van der Waals surface area contributed by atoms with Crippen LogP contribution < -0.4 is 14.2 Å². The van der Waals surface area contributed by atoms with Crippen molar-refractivity contribution in [3.05, 3.63) is 94.9 Å². The van der Waals surface area contributed by atoms with Crippen LogP contribution in [0.2, 0.25) is 0 Å². The van der Waals surface area contributed by atoms with E-state index in [1.165, 1.54) is 6.07 Å². The summed E-state index contributed by atoms with van der Waals surface area (Å²) in [6, 6.07) is 19.6. The van der Waals surface area contributed by atoms with Crippen molar-refractivity contribution in [2.24, 2.45) is 0 Å². The minimum atomic E-state index is -0.628. The van der Waals surface area contributed by atoms with E-state index in [1.807, 2.05) is 49.4 Å². The number of ketones is 1. The molecule has 0 spiro atoms. The number of hydrogen-bond donors (Lipinski definition) is 0. The van der Waals surface area contributed by atoms with Crippen molar-refractivity contribution in [2.45, 2.75) is 13.8 Å². The zero-order chi connectivity index (χ0) is 22.9. The average Bonchev–Trinajstić information content (AvgIpc) is 3.37. The predicted octanol–water partition coefficient (Wildman–Crippen LogP) is 5.98. The van der Waals surface area contributed by atoms with E-state index in [-0.39, 0.29) is 23.1 Å². The monoisotopic (exact) mass is 440 g/mol. The number of hydrogen-bond acceptors (Lipinski definition) is 6. The number of Topliss-reactive ketones (excluding diaryl/α,β-unsaturated/α-hetero) is 1. The molecule has 0 fully saturated rings. The van der Waals surface area contributed by atoms with Crippen molar-refractivity contribution in [3.8, 4) is 17.2 Å². The highest BCUT2D eigenvalue weighted by Crippen LogP contribution is 2.38. The van der Waals surface area contributed by atoms with Crippen LogP contribution in [0.3, 0.4) is 0 Å². The molecule has 0 radical (unpaired) electrons. The summed E-state index contributed by atoms with van der Waals surface area (Å²) < 4.78 is 22.6. The summed E-state index contributed by atoms with van der Waals surface area (Å²) in [5.41, 5.74) is 2.43. The van der Waals surface area contributed by atoms with Crippen LogP contribution in [0, 0.1) is 6.92 Å². The van der Waals surface area contributed by atoms with Gasteiger partial charge in [-0.25, -0.2) is 4.79 Å². The molecule has 1 aliphatic rings. The Morgan fingerprint density at radius 2 is 1.82 bits per heavy atom. The molecule has 3 aromatic carbocycles. The second-order valence-corrected chi connectivity index (χ2v) is 7.56. The van der Waals surface area contributed by atoms with Crippen LogP contribution in [-0.2, 0) is 0 Å². The number of rotatable bonds is 5. The lowest BCUT2D eigenvalue weighted by Gasteiger charge is -2.07. The van der Waals surface area contributed by atoms with Gasteiger partial charge >= 0.3 is 5.97 Å². The summed E-state index contributed by atoms with van der Waals surface area (Å²) in [6.07, 6.45) is 1.66. The zero-order valence-electron chi connectivity index (χ0n) is 18.1. The first-order valence-electron chi connectivity index (χ1n) is 10.5. The Labute approximate surface area is 190 Å². The SMILES string of the molecule is CCOc1ccccc1/C=C1\Oc2cc(OC(=O)c3cc4ccccc4o3)cc(C)c2C1=O. The topological polar surface area (TPSA) is 75.0 Å². The van der Waals surface area contributed by atoms with Gasteiger partial charge in [0.25, 0.3) is 0 Å². The molecular formula is C27H20O6. The molecule has 1 aromatic heterocycles. The third-order valence-electron chi connectivity index (χ3n) is 5.29. The maximum absolute atomic E-state index is 13.0. The van der Waals surface area contributed by atoms with E-state index in [4.69, 9.17) is 18.6 Å². The predicted molar refractivity (Wildman–Crippen MR) is 123 cm³/mol. The molecule has 6 nitrogen and oxygen atoms in total. The summed E-state index contributed by atoms with van der Waals surface area (Å²) in [7, 11) is 0. The fourth-order valence-electron chi connectivity index (χ4n) is 3.80. The smallest absolute Gasteiger partial charge is 0.379 e. The molecule has 6 heteroatoms. The molecule has 0 amide bonds. The second-order valence-electron chi connectivity index (χ2n) is 7.56. The minimum Gasteiger partial charge on any atom is -0.493 e. The molecule has 0 unspecified atom stereocenters. The van der Waals surface area contributed by atoms with Crippen LogP contribution in [0.25, 0.3) is 17.0 Å². The van der Waals surface area contributed by atoms with Crippen molar-refractivity contribution < 1.29 is 28.2 Å². The van der Waals surface area contributed by atoms with Gasteiger partial charge in [-0.15, -0.1) is 0 Å². The van der Waals surface area contributed by atoms with Crippen molar-refractivity contribution in [2.75, 3.05) is 6.61 Å². The molecule has 0 aliphatic carbocycles. The van der Waals surface area contributed by atoms with E-state index in [0.29, 0.717) is 34.8 Å². The minimum absolute atomic E-state index is 0.0967. The van der Waals surface area contributed by atoms with Crippen LogP contribution in [0.4, 0.5) is 0 Å². The molecule has 33 heavy (non-hydrogen) atoms. The molecule has 164 valence electrons. The molecule has 0 bridgehead atoms. The number of ether oxygens (including phenoxy) is 3. The fraction of sp³-hybridized carbons (Fsp3) is 0.111. The lowest BCUT2D eigenvalue weighted by atomic mass is 10.0. The summed E-state index contributed by atoms with van der Waals surface area (Å²) >= 11 is 0. The molecule has 0 N–H and O–H groups in total. The van der Waals surface area contributed by atoms with Crippen LogP contribution in [0.5, 0.6) is 17.2 Å². The van der Waals surface area contributed by atoms with Gasteiger partial charge in [-0.2, -0.15) is 0 Å². The Balaban J connectivity index is 1.42. The Hall–Kier alpha value is -4.32. The Morgan fingerprint density at radius 1 is 1.03 bits per heavy atom. The number of fused-ring (bicyclic) bond motifs is 2. The van der Waals surface area contributed by atoms with Crippen LogP contribution in [0.15, 0.2) is 76.9 Å². The van der Waals surface area contributed by atoms with Crippen LogP contribution in [0.1, 0.15) is 39.0 Å². The highest BCUT2D eigenvalue weighted by Gasteiger charge is 2.31. The molecule has 0 atom stereocenters. The van der Waals surface area contributed by atoms with E-state index in [9.17, 15) is 9.59 Å². The number of benzene rings is 3. The summed E-state index contributed by atoms with van der Waals surface area (Å²) in [5, 5.41) is 0.811. The van der Waals surface area contributed by atoms with Gasteiger partial charge < -0.3 is 18.6 Å². The molecule has 4 aromatic rings. The highest BCUT2D eigenvalue weighted by molar-refractivity contribution is 6.15. The van der Waals surface area contributed by atoms with Gasteiger partial charge in [0.05, 0.1) is 12.2 Å². The molecule has 1 aliphatic heterocycles. The van der Waals surface area contributed by atoms with E-state index in [0.717, 1.165) is 10.9 Å². The van der Waals surface area contributed by atoms with E-state index < -0.39 is 5.97 Å². The number of carbonyl (C=O) groups excluding carboxylic acids is 2. The first kappa shape index (κ1) is 20.6. The molecule has 0 saturated carbocycles. The maximum Gasteiger partial charge on any atom is 0.379 e. The van der Waals surface area contributed by atoms with E-state index in [2.05, 4.69) is 0 Å². The number of para-hydroxylation sites is 2. The zero-order valence-corrected chi connectivity index (χ0v) is 18.1. The summed E-state index contributed by atoms with van der Waals surface area (Å²) in [4.78, 5) is 25.6. The number of aryl methyl sites for hydroxylation is 1. The Morgan fingerprint density at radius 3 is 2.64 bits per heavy atom. The largest absolute Gasteiger partial charge is 0.493 e. The van der Waals surface area contributed by atoms with Gasteiger partial charge in [-0.05, 0) is 49.8 Å². The summed E-state index contributed by atoms with van der Waals surface area (Å²) in [6.45, 7) is 4.18. The van der Waals surface area contributed by atoms with Crippen molar-refractivity contribution >= 4 is 28.8 Å². The van der Waals surface area contributed by atoms with Crippen molar-refractivity contribution in [1.82, 2.24) is 0 Å². The quantitative estimate of drug-likeness (QED) is 0.216. The number of esters is 1. The van der Waals surface area contributed by atoms with Crippen molar-refractivity contribution in [3.63, 3.8) is 0 Å². The number of carbonyl (C=O) groups is 2. The van der Waals surface area contributed by atoms with Gasteiger partial charge in [0, 0.05) is 17.0 Å². The normalized spacial score (nSPS) is 13.8. The van der Waals surface area contributed by atoms with E-state index in [1.54, 1.807) is 31.2 Å². The Bertz CT molecular complexity index is 1390. The average molecular weight is 440 g/mol. The first-order valence-corrected chi connectivity index (χ1v) is 10.5. The van der Waals surface area contributed by atoms with Gasteiger partial charge in [-0.1, -0.05) is 36.4 Å². The van der Waals surface area contributed by atoms with Crippen molar-refractivity contribution in [1.29, 1.82) is 0 Å². The van der Waals surface area contributed by atoms with Crippen LogP contribution >= 0.6 is 0 Å². The lowest BCUT2D eigenvalue weighted by Crippen LogP contribution is -2.07. The summed E-state index contributed by atoms with van der Waals surface area (Å²) in [5.74, 6) is 0.686. The lowest BCUT2D eigenvalue weighted by molar-refractivity contribution is 0.0703. The molecule has 0 saturated heterocycles. The van der Waals surface area contributed by atoms with Gasteiger partial charge in [0.1, 0.15) is 22.8 Å². The standard InChI is InChI=1S/C27H20O6/c1-3-30-20-10-6-4-8-17(20)13-23-26(28)25-16(2)12-19(15-22(25)33-23)31-27(29)24-14-18-9-5-7-11-21(18)32-24/h4-15H,3H2,1-2H3/b23-13-. The number of furan rings is 1. The maximum atomic E-state index is 13.0. The Kier molecular flexibility index (Phi) is 5.18. The molecular weight excluding hydrogens is 420 g/mol. The molecule has 5 rings (SSSR count). The highest BCUT2D eigenvalue weighted by atomic mass is 16.5. The second kappa shape index (κ2) is 8.31. The van der Waals surface area contributed by atoms with Gasteiger partial charge in [0.2, 0.25) is 11.5 Å². The van der Waals surface area contributed by atoms with Gasteiger partial charge in [0.15, 0.2) is 5.76 Å². The van der Waals surface area contributed by atoms with E-state index >= 15 is 0 Å². The first-order chi connectivity index (χ1) is 16.0.